The molecule has 0 aliphatic carbocycles. The van der Waals surface area contributed by atoms with Gasteiger partial charge in [0.05, 0.1) is 7.11 Å². The average Bonchev–Trinajstić information content (AvgIpc) is 2.46. The molecule has 0 radical (unpaired) electrons. The van der Waals surface area contributed by atoms with E-state index in [0.717, 1.165) is 28.4 Å². The Hall–Kier alpha value is -1.87. The summed E-state index contributed by atoms with van der Waals surface area (Å²) in [4.78, 5) is 0. The summed E-state index contributed by atoms with van der Waals surface area (Å²) in [6.07, 6.45) is 0. The number of halogens is 1. The Morgan fingerprint density at radius 3 is 2.19 bits per heavy atom. The topological polar surface area (TPSA) is 27.7 Å². The Balaban J connectivity index is 1.87. The fraction of sp³-hybridized carbons (Fsp3) is 0.294. The molecule has 0 aromatic heterocycles. The monoisotopic (exact) mass is 306 g/mol. The maximum atomic E-state index is 5.91. The number of aryl methyl sites for hydroxylation is 2. The van der Waals surface area contributed by atoms with Crippen molar-refractivity contribution in [3.8, 4) is 17.2 Å². The zero-order chi connectivity index (χ0) is 15.2. The quantitative estimate of drug-likeness (QED) is 0.739. The third kappa shape index (κ3) is 4.30. The summed E-state index contributed by atoms with van der Waals surface area (Å²) >= 11 is 5.91. The van der Waals surface area contributed by atoms with Crippen molar-refractivity contribution in [1.82, 2.24) is 0 Å². The molecule has 2 aromatic rings. The second-order valence-electron chi connectivity index (χ2n) is 4.76. The number of rotatable bonds is 6. The van der Waals surface area contributed by atoms with Crippen LogP contribution >= 0.6 is 11.6 Å². The third-order valence-electron chi connectivity index (χ3n) is 3.05. The molecule has 21 heavy (non-hydrogen) atoms. The van der Waals surface area contributed by atoms with Crippen molar-refractivity contribution < 1.29 is 14.2 Å². The van der Waals surface area contributed by atoms with Gasteiger partial charge in [0.2, 0.25) is 0 Å². The molecule has 0 amide bonds. The number of hydrogen-bond acceptors (Lipinski definition) is 3. The summed E-state index contributed by atoms with van der Waals surface area (Å²) < 4.78 is 16.7. The molecule has 0 N–H and O–H groups in total. The van der Waals surface area contributed by atoms with E-state index in [2.05, 4.69) is 0 Å². The number of ether oxygens (including phenoxy) is 3. The SMILES string of the molecule is COc1cc(C)ccc1OCCOc1ccc(Cl)cc1C. The predicted octanol–water partition coefficient (Wildman–Crippen LogP) is 4.42. The molecule has 0 unspecified atom stereocenters. The second-order valence-corrected chi connectivity index (χ2v) is 5.20. The predicted molar refractivity (Wildman–Crippen MR) is 84.9 cm³/mol. The van der Waals surface area contributed by atoms with Crippen LogP contribution in [0.3, 0.4) is 0 Å². The third-order valence-corrected chi connectivity index (χ3v) is 3.29. The first-order chi connectivity index (χ1) is 10.1. The molecule has 0 fully saturated rings. The van der Waals surface area contributed by atoms with Crippen molar-refractivity contribution >= 4 is 11.6 Å². The molecule has 0 saturated carbocycles. The van der Waals surface area contributed by atoms with Gasteiger partial charge in [-0.1, -0.05) is 17.7 Å². The standard InChI is InChI=1S/C17H19ClO3/c1-12-4-6-16(17(10-12)19-3)21-9-8-20-15-7-5-14(18)11-13(15)2/h4-7,10-11H,8-9H2,1-3H3. The Morgan fingerprint density at radius 2 is 1.52 bits per heavy atom. The highest BCUT2D eigenvalue weighted by molar-refractivity contribution is 6.30. The first-order valence-electron chi connectivity index (χ1n) is 6.76. The molecule has 0 atom stereocenters. The van der Waals surface area contributed by atoms with Gasteiger partial charge in [-0.3, -0.25) is 0 Å². The van der Waals surface area contributed by atoms with E-state index < -0.39 is 0 Å². The second kappa shape index (κ2) is 7.23. The molecule has 0 bridgehead atoms. The molecule has 0 aliphatic heterocycles. The molecule has 0 spiro atoms. The molecule has 3 nitrogen and oxygen atoms in total. The van der Waals surface area contributed by atoms with Crippen LogP contribution in [0.15, 0.2) is 36.4 Å². The van der Waals surface area contributed by atoms with Crippen LogP contribution in [0.2, 0.25) is 5.02 Å². The number of methoxy groups -OCH3 is 1. The van der Waals surface area contributed by atoms with E-state index in [4.69, 9.17) is 25.8 Å². The summed E-state index contributed by atoms with van der Waals surface area (Å²) in [6, 6.07) is 11.4. The van der Waals surface area contributed by atoms with E-state index in [1.54, 1.807) is 7.11 Å². The first kappa shape index (κ1) is 15.5. The van der Waals surface area contributed by atoms with Gasteiger partial charge in [-0.2, -0.15) is 0 Å². The van der Waals surface area contributed by atoms with Gasteiger partial charge in [-0.25, -0.2) is 0 Å². The fourth-order valence-electron chi connectivity index (χ4n) is 1.97. The summed E-state index contributed by atoms with van der Waals surface area (Å²) in [5, 5.41) is 0.709. The minimum absolute atomic E-state index is 0.446. The number of hydrogen-bond donors (Lipinski definition) is 0. The molecule has 0 saturated heterocycles. The van der Waals surface area contributed by atoms with Crippen molar-refractivity contribution in [2.24, 2.45) is 0 Å². The maximum Gasteiger partial charge on any atom is 0.161 e. The van der Waals surface area contributed by atoms with Gasteiger partial charge in [-0.05, 0) is 55.3 Å². The summed E-state index contributed by atoms with van der Waals surface area (Å²) in [5.41, 5.74) is 2.14. The highest BCUT2D eigenvalue weighted by Crippen LogP contribution is 2.27. The molecule has 2 rings (SSSR count). The van der Waals surface area contributed by atoms with Crippen LogP contribution in [0.1, 0.15) is 11.1 Å². The molecular weight excluding hydrogens is 288 g/mol. The molecule has 4 heteroatoms. The van der Waals surface area contributed by atoms with Crippen molar-refractivity contribution in [3.05, 3.63) is 52.5 Å². The van der Waals surface area contributed by atoms with Gasteiger partial charge < -0.3 is 14.2 Å². The van der Waals surface area contributed by atoms with Crippen LogP contribution in [-0.4, -0.2) is 20.3 Å². The highest BCUT2D eigenvalue weighted by atomic mass is 35.5. The van der Waals surface area contributed by atoms with Gasteiger partial charge in [0, 0.05) is 5.02 Å². The van der Waals surface area contributed by atoms with Gasteiger partial charge in [0.1, 0.15) is 19.0 Å². The molecule has 0 heterocycles. The van der Waals surface area contributed by atoms with Crippen molar-refractivity contribution in [3.63, 3.8) is 0 Å². The Morgan fingerprint density at radius 1 is 0.857 bits per heavy atom. The minimum Gasteiger partial charge on any atom is -0.493 e. The van der Waals surface area contributed by atoms with E-state index in [0.29, 0.717) is 18.2 Å². The Labute approximate surface area is 130 Å². The van der Waals surface area contributed by atoms with Crippen LogP contribution in [-0.2, 0) is 0 Å². The van der Waals surface area contributed by atoms with Crippen molar-refractivity contribution in [2.75, 3.05) is 20.3 Å². The van der Waals surface area contributed by atoms with Crippen LogP contribution in [0.4, 0.5) is 0 Å². The Bertz CT molecular complexity index is 611. The van der Waals surface area contributed by atoms with Crippen LogP contribution < -0.4 is 14.2 Å². The largest absolute Gasteiger partial charge is 0.493 e. The lowest BCUT2D eigenvalue weighted by Gasteiger charge is -2.13. The molecule has 2 aromatic carbocycles. The molecule has 0 aliphatic rings. The fourth-order valence-corrected chi connectivity index (χ4v) is 2.20. The van der Waals surface area contributed by atoms with E-state index in [1.807, 2.05) is 50.2 Å². The summed E-state index contributed by atoms with van der Waals surface area (Å²) in [6.45, 7) is 4.88. The summed E-state index contributed by atoms with van der Waals surface area (Å²) in [7, 11) is 1.63. The van der Waals surface area contributed by atoms with Gasteiger partial charge in [0.25, 0.3) is 0 Å². The summed E-state index contributed by atoms with van der Waals surface area (Å²) in [5.74, 6) is 2.27. The zero-order valence-corrected chi connectivity index (χ0v) is 13.2. The first-order valence-corrected chi connectivity index (χ1v) is 7.14. The van der Waals surface area contributed by atoms with E-state index >= 15 is 0 Å². The normalized spacial score (nSPS) is 10.3. The Kier molecular flexibility index (Phi) is 5.34. The zero-order valence-electron chi connectivity index (χ0n) is 12.5. The maximum absolute atomic E-state index is 5.91. The smallest absolute Gasteiger partial charge is 0.161 e. The van der Waals surface area contributed by atoms with E-state index in [-0.39, 0.29) is 0 Å². The van der Waals surface area contributed by atoms with Crippen LogP contribution in [0.25, 0.3) is 0 Å². The van der Waals surface area contributed by atoms with E-state index in [9.17, 15) is 0 Å². The van der Waals surface area contributed by atoms with Gasteiger partial charge in [0.15, 0.2) is 11.5 Å². The van der Waals surface area contributed by atoms with Crippen LogP contribution in [0.5, 0.6) is 17.2 Å². The molecular formula is C17H19ClO3. The molecule has 112 valence electrons. The lowest BCUT2D eigenvalue weighted by atomic mass is 10.2. The lowest BCUT2D eigenvalue weighted by Crippen LogP contribution is -2.10. The van der Waals surface area contributed by atoms with Gasteiger partial charge in [-0.15, -0.1) is 0 Å². The minimum atomic E-state index is 0.446. The van der Waals surface area contributed by atoms with Crippen molar-refractivity contribution in [2.45, 2.75) is 13.8 Å². The highest BCUT2D eigenvalue weighted by Gasteiger charge is 2.05. The van der Waals surface area contributed by atoms with Crippen LogP contribution in [0, 0.1) is 13.8 Å². The van der Waals surface area contributed by atoms with Crippen molar-refractivity contribution in [1.29, 1.82) is 0 Å². The van der Waals surface area contributed by atoms with E-state index in [1.165, 1.54) is 0 Å². The average molecular weight is 307 g/mol. The number of benzene rings is 2. The lowest BCUT2D eigenvalue weighted by molar-refractivity contribution is 0.210. The van der Waals surface area contributed by atoms with Gasteiger partial charge >= 0.3 is 0 Å².